The van der Waals surface area contributed by atoms with E-state index < -0.39 is 0 Å². The number of imide groups is 1. The fraction of sp³-hybridized carbons (Fsp3) is 0.579. The van der Waals surface area contributed by atoms with Gasteiger partial charge < -0.3 is 5.11 Å². The fourth-order valence-corrected chi connectivity index (χ4v) is 4.73. The van der Waals surface area contributed by atoms with E-state index in [0.29, 0.717) is 16.5 Å². The molecule has 2 fully saturated rings. The summed E-state index contributed by atoms with van der Waals surface area (Å²) < 4.78 is 0. The minimum Gasteiger partial charge on any atom is -0.393 e. The summed E-state index contributed by atoms with van der Waals surface area (Å²) in [5.41, 5.74) is 1.45. The zero-order valence-corrected chi connectivity index (χ0v) is 13.3. The summed E-state index contributed by atoms with van der Waals surface area (Å²) in [7, 11) is 0. The van der Waals surface area contributed by atoms with Crippen molar-refractivity contribution in [3.8, 4) is 0 Å². The van der Waals surface area contributed by atoms with Crippen LogP contribution in [0, 0.1) is 5.41 Å². The van der Waals surface area contributed by atoms with Gasteiger partial charge in [-0.25, -0.2) is 0 Å². The molecule has 1 N–H and O–H groups in total. The molecule has 0 saturated heterocycles. The van der Waals surface area contributed by atoms with Gasteiger partial charge >= 0.3 is 0 Å². The predicted molar refractivity (Wildman–Crippen MR) is 86.1 cm³/mol. The van der Waals surface area contributed by atoms with Gasteiger partial charge in [0.15, 0.2) is 0 Å². The average molecular weight is 313 g/mol. The first-order valence-corrected chi connectivity index (χ1v) is 8.75. The molecule has 0 bridgehead atoms. The third-order valence-electron chi connectivity index (χ3n) is 6.22. The van der Waals surface area contributed by atoms with Gasteiger partial charge in [-0.15, -0.1) is 0 Å². The van der Waals surface area contributed by atoms with Gasteiger partial charge in [0.2, 0.25) is 0 Å². The molecule has 0 radical (unpaired) electrons. The Bertz CT molecular complexity index is 601. The van der Waals surface area contributed by atoms with Gasteiger partial charge in [0.05, 0.1) is 17.2 Å². The molecule has 1 aromatic carbocycles. The Kier molecular flexibility index (Phi) is 3.52. The Balaban J connectivity index is 1.48. The maximum Gasteiger partial charge on any atom is 0.261 e. The Morgan fingerprint density at radius 2 is 1.35 bits per heavy atom. The topological polar surface area (TPSA) is 57.6 Å². The van der Waals surface area contributed by atoms with Gasteiger partial charge in [0, 0.05) is 6.04 Å². The first kappa shape index (κ1) is 14.9. The highest BCUT2D eigenvalue weighted by atomic mass is 16.3. The van der Waals surface area contributed by atoms with Crippen LogP contribution in [0.5, 0.6) is 0 Å². The lowest BCUT2D eigenvalue weighted by molar-refractivity contribution is 0.0178. The van der Waals surface area contributed by atoms with Crippen molar-refractivity contribution in [3.05, 3.63) is 35.4 Å². The Morgan fingerprint density at radius 1 is 0.870 bits per heavy atom. The number of carbonyl (C=O) groups is 2. The second-order valence-corrected chi connectivity index (χ2v) is 7.49. The molecule has 1 aliphatic heterocycles. The van der Waals surface area contributed by atoms with Crippen molar-refractivity contribution in [1.82, 2.24) is 4.90 Å². The summed E-state index contributed by atoms with van der Waals surface area (Å²) in [6, 6.07) is 7.18. The van der Waals surface area contributed by atoms with E-state index in [2.05, 4.69) is 0 Å². The molecular formula is C19H23NO3. The molecule has 3 aliphatic rings. The number of rotatable bonds is 1. The molecular weight excluding hydrogens is 290 g/mol. The Morgan fingerprint density at radius 3 is 1.87 bits per heavy atom. The molecule has 1 heterocycles. The van der Waals surface area contributed by atoms with Gasteiger partial charge in [-0.3, -0.25) is 14.5 Å². The quantitative estimate of drug-likeness (QED) is 0.810. The molecule has 122 valence electrons. The Hall–Kier alpha value is -1.68. The largest absolute Gasteiger partial charge is 0.393 e. The predicted octanol–water partition coefficient (Wildman–Crippen LogP) is 3.15. The molecule has 0 atom stereocenters. The van der Waals surface area contributed by atoms with Crippen molar-refractivity contribution in [1.29, 1.82) is 0 Å². The standard InChI is InChI=1S/C19H23NO3/c21-14-7-11-19(12-8-14)9-5-13(6-10-19)20-17(22)15-3-1-2-4-16(15)18(20)23/h1-4,13-14,21H,5-12H2. The van der Waals surface area contributed by atoms with E-state index in [9.17, 15) is 14.7 Å². The van der Waals surface area contributed by atoms with E-state index in [1.807, 2.05) is 12.1 Å². The van der Waals surface area contributed by atoms with E-state index >= 15 is 0 Å². The molecule has 2 aliphatic carbocycles. The van der Waals surface area contributed by atoms with Crippen LogP contribution in [0.25, 0.3) is 0 Å². The lowest BCUT2D eigenvalue weighted by atomic mass is 9.64. The first-order valence-electron chi connectivity index (χ1n) is 8.75. The summed E-state index contributed by atoms with van der Waals surface area (Å²) in [4.78, 5) is 26.7. The number of benzene rings is 1. The smallest absolute Gasteiger partial charge is 0.261 e. The van der Waals surface area contributed by atoms with Crippen LogP contribution in [0.3, 0.4) is 0 Å². The zero-order valence-electron chi connectivity index (χ0n) is 13.3. The average Bonchev–Trinajstić information content (AvgIpc) is 2.84. The highest BCUT2D eigenvalue weighted by molar-refractivity contribution is 6.21. The number of fused-ring (bicyclic) bond motifs is 1. The van der Waals surface area contributed by atoms with E-state index in [1.54, 1.807) is 12.1 Å². The molecule has 0 aromatic heterocycles. The number of aliphatic hydroxyl groups is 1. The van der Waals surface area contributed by atoms with Crippen molar-refractivity contribution in [2.75, 3.05) is 0 Å². The van der Waals surface area contributed by atoms with Crippen LogP contribution in [0.15, 0.2) is 24.3 Å². The summed E-state index contributed by atoms with van der Waals surface area (Å²) in [6.07, 6.45) is 7.79. The number of nitrogens with zero attached hydrogens (tertiary/aromatic N) is 1. The van der Waals surface area contributed by atoms with Gasteiger partial charge in [0.1, 0.15) is 0 Å². The van der Waals surface area contributed by atoms with E-state index in [-0.39, 0.29) is 24.0 Å². The summed E-state index contributed by atoms with van der Waals surface area (Å²) >= 11 is 0. The van der Waals surface area contributed by atoms with Gasteiger partial charge in [-0.05, 0) is 68.9 Å². The van der Waals surface area contributed by atoms with Gasteiger partial charge in [-0.2, -0.15) is 0 Å². The maximum atomic E-state index is 12.6. The normalized spacial score (nSPS) is 34.0. The molecule has 23 heavy (non-hydrogen) atoms. The molecule has 0 unspecified atom stereocenters. The van der Waals surface area contributed by atoms with Crippen LogP contribution in [0.1, 0.15) is 72.1 Å². The second-order valence-electron chi connectivity index (χ2n) is 7.49. The van der Waals surface area contributed by atoms with Crippen molar-refractivity contribution in [2.45, 2.75) is 63.5 Å². The third kappa shape index (κ3) is 2.40. The number of carbonyl (C=O) groups excluding carboxylic acids is 2. The van der Waals surface area contributed by atoms with Gasteiger partial charge in [-0.1, -0.05) is 12.1 Å². The SMILES string of the molecule is O=C1c2ccccc2C(=O)N1C1CCC2(CCC(O)CC2)CC1. The highest BCUT2D eigenvalue weighted by Crippen LogP contribution is 2.48. The minimum absolute atomic E-state index is 0.0416. The summed E-state index contributed by atoms with van der Waals surface area (Å²) in [5.74, 6) is -0.240. The van der Waals surface area contributed by atoms with E-state index in [0.717, 1.165) is 51.4 Å². The molecule has 4 rings (SSSR count). The van der Waals surface area contributed by atoms with Crippen LogP contribution in [0.4, 0.5) is 0 Å². The van der Waals surface area contributed by atoms with Crippen LogP contribution in [0.2, 0.25) is 0 Å². The van der Waals surface area contributed by atoms with Crippen LogP contribution in [-0.4, -0.2) is 34.0 Å². The summed E-state index contributed by atoms with van der Waals surface area (Å²) in [6.45, 7) is 0. The number of hydrogen-bond acceptors (Lipinski definition) is 3. The second kappa shape index (κ2) is 5.45. The lowest BCUT2D eigenvalue weighted by Crippen LogP contribution is -2.45. The minimum atomic E-state index is -0.130. The van der Waals surface area contributed by atoms with E-state index in [1.165, 1.54) is 4.90 Å². The third-order valence-corrected chi connectivity index (χ3v) is 6.22. The van der Waals surface area contributed by atoms with Crippen LogP contribution < -0.4 is 0 Å². The number of aliphatic hydroxyl groups excluding tert-OH is 1. The van der Waals surface area contributed by atoms with E-state index in [4.69, 9.17) is 0 Å². The molecule has 2 amide bonds. The molecule has 4 heteroatoms. The summed E-state index contributed by atoms with van der Waals surface area (Å²) in [5, 5.41) is 9.72. The first-order chi connectivity index (χ1) is 11.1. The molecule has 2 saturated carbocycles. The van der Waals surface area contributed by atoms with Gasteiger partial charge in [0.25, 0.3) is 11.8 Å². The Labute approximate surface area is 136 Å². The monoisotopic (exact) mass is 313 g/mol. The van der Waals surface area contributed by atoms with Crippen molar-refractivity contribution in [3.63, 3.8) is 0 Å². The number of hydrogen-bond donors (Lipinski definition) is 1. The highest BCUT2D eigenvalue weighted by Gasteiger charge is 2.44. The molecule has 1 spiro atoms. The van der Waals surface area contributed by atoms with Crippen molar-refractivity contribution in [2.24, 2.45) is 5.41 Å². The zero-order chi connectivity index (χ0) is 16.0. The van der Waals surface area contributed by atoms with Crippen LogP contribution in [-0.2, 0) is 0 Å². The maximum absolute atomic E-state index is 12.6. The molecule has 1 aromatic rings. The van der Waals surface area contributed by atoms with Crippen molar-refractivity contribution >= 4 is 11.8 Å². The number of amides is 2. The fourth-order valence-electron chi connectivity index (χ4n) is 4.73. The van der Waals surface area contributed by atoms with Crippen LogP contribution >= 0.6 is 0 Å². The lowest BCUT2D eigenvalue weighted by Gasteiger charge is -2.45. The molecule has 4 nitrogen and oxygen atoms in total. The van der Waals surface area contributed by atoms with Crippen molar-refractivity contribution < 1.29 is 14.7 Å².